The number of Topliss-reactive ketones (excluding diaryl/α,β-unsaturated/α-hetero) is 1. The second-order valence-electron chi connectivity index (χ2n) is 10.9. The molecule has 0 spiro atoms. The Morgan fingerprint density at radius 2 is 1.78 bits per heavy atom. The minimum Gasteiger partial charge on any atom is -0.465 e. The predicted molar refractivity (Wildman–Crippen MR) is 143 cm³/mol. The molecular weight excluding hydrogens is 488 g/mol. The van der Waals surface area contributed by atoms with Crippen LogP contribution in [0.15, 0.2) is 64.7 Å². The number of carbonyl (C=O) groups excluding carboxylic acids is 2. The van der Waals surface area contributed by atoms with Crippen LogP contribution in [0.25, 0.3) is 0 Å². The van der Waals surface area contributed by atoms with Crippen molar-refractivity contribution in [3.8, 4) is 0 Å². The summed E-state index contributed by atoms with van der Waals surface area (Å²) in [6.45, 7) is 10.3. The second-order valence-corrected chi connectivity index (χ2v) is 12.5. The van der Waals surface area contributed by atoms with Gasteiger partial charge in [-0.05, 0) is 62.8 Å². The Morgan fingerprint density at radius 3 is 2.46 bits per heavy atom. The average Bonchev–Trinajstić information content (AvgIpc) is 3.05. The van der Waals surface area contributed by atoms with Crippen LogP contribution < -0.4 is 4.72 Å². The van der Waals surface area contributed by atoms with Crippen LogP contribution in [-0.4, -0.2) is 44.3 Å². The molecule has 0 bridgehead atoms. The van der Waals surface area contributed by atoms with Crippen molar-refractivity contribution < 1.29 is 22.7 Å². The minimum atomic E-state index is -3.78. The van der Waals surface area contributed by atoms with Crippen molar-refractivity contribution in [2.45, 2.75) is 64.8 Å². The van der Waals surface area contributed by atoms with Gasteiger partial charge in [0.05, 0.1) is 17.2 Å². The third-order valence-corrected chi connectivity index (χ3v) is 8.71. The molecule has 37 heavy (non-hydrogen) atoms. The molecule has 1 N–H and O–H groups in total. The maximum absolute atomic E-state index is 13.4. The number of aryl methyl sites for hydroxylation is 1. The molecule has 0 aromatic heterocycles. The van der Waals surface area contributed by atoms with Gasteiger partial charge in [-0.2, -0.15) is 0 Å². The van der Waals surface area contributed by atoms with Crippen LogP contribution in [0, 0.1) is 18.3 Å². The lowest BCUT2D eigenvalue weighted by Gasteiger charge is -2.34. The largest absolute Gasteiger partial charge is 0.465 e. The predicted octanol–water partition coefficient (Wildman–Crippen LogP) is 4.86. The molecule has 2 aromatic rings. The first-order valence-corrected chi connectivity index (χ1v) is 14.3. The van der Waals surface area contributed by atoms with E-state index in [-0.39, 0.29) is 40.6 Å². The van der Waals surface area contributed by atoms with E-state index in [1.807, 2.05) is 30.9 Å². The van der Waals surface area contributed by atoms with Gasteiger partial charge in [-0.15, -0.1) is 0 Å². The number of ether oxygens (including phenoxy) is 1. The van der Waals surface area contributed by atoms with Crippen LogP contribution in [-0.2, 0) is 30.8 Å². The summed E-state index contributed by atoms with van der Waals surface area (Å²) in [5.74, 6) is -0.380. The van der Waals surface area contributed by atoms with E-state index in [1.54, 1.807) is 43.3 Å². The second kappa shape index (κ2) is 10.3. The smallest absolute Gasteiger partial charge is 0.325 e. The Kier molecular flexibility index (Phi) is 7.51. The van der Waals surface area contributed by atoms with Gasteiger partial charge in [-0.25, -0.2) is 8.42 Å². The van der Waals surface area contributed by atoms with Crippen LogP contribution in [0.1, 0.15) is 51.7 Å². The van der Waals surface area contributed by atoms with Crippen molar-refractivity contribution in [2.24, 2.45) is 11.3 Å². The molecule has 1 aliphatic carbocycles. The van der Waals surface area contributed by atoms with Gasteiger partial charge in [0.2, 0.25) is 0 Å². The number of allylic oxidation sites excluding steroid dienone is 1. The van der Waals surface area contributed by atoms with Gasteiger partial charge >= 0.3 is 5.97 Å². The summed E-state index contributed by atoms with van der Waals surface area (Å²) in [6, 6.07) is 13.9. The fourth-order valence-electron chi connectivity index (χ4n) is 5.50. The third kappa shape index (κ3) is 5.74. The van der Waals surface area contributed by atoms with E-state index in [0.717, 1.165) is 22.4 Å². The molecule has 4 rings (SSSR count). The Hall–Kier alpha value is -3.13. The highest BCUT2D eigenvalue weighted by Crippen LogP contribution is 2.48. The van der Waals surface area contributed by atoms with E-state index in [4.69, 9.17) is 4.74 Å². The standard InChI is InChI=1S/C29H36N2O5S/c1-6-36-27(33)18-31-20(3)23(28-25(31)16-29(4,5)17-26(28)32)15-21-9-7-8-10-24(21)30-37(34,35)22-13-11-19(2)12-14-22/h7-14,20,23,30H,6,15-18H2,1-5H3. The highest BCUT2D eigenvalue weighted by atomic mass is 32.2. The van der Waals surface area contributed by atoms with Crippen LogP contribution in [0.2, 0.25) is 0 Å². The van der Waals surface area contributed by atoms with Crippen LogP contribution in [0.4, 0.5) is 5.69 Å². The fourth-order valence-corrected chi connectivity index (χ4v) is 6.60. The lowest BCUT2D eigenvalue weighted by molar-refractivity contribution is -0.144. The summed E-state index contributed by atoms with van der Waals surface area (Å²) in [6.07, 6.45) is 1.62. The number of nitrogens with one attached hydrogen (secondary N) is 1. The Balaban J connectivity index is 1.66. The first kappa shape index (κ1) is 26.9. The quantitative estimate of drug-likeness (QED) is 0.496. The third-order valence-electron chi connectivity index (χ3n) is 7.33. The number of hydrogen-bond donors (Lipinski definition) is 1. The molecule has 1 heterocycles. The molecule has 2 aliphatic rings. The normalized spacial score (nSPS) is 21.1. The summed E-state index contributed by atoms with van der Waals surface area (Å²) >= 11 is 0. The van der Waals surface area contributed by atoms with Gasteiger partial charge in [0, 0.05) is 29.7 Å². The van der Waals surface area contributed by atoms with Crippen molar-refractivity contribution in [1.82, 2.24) is 4.90 Å². The number of hydrogen-bond acceptors (Lipinski definition) is 6. The van der Waals surface area contributed by atoms with Crippen LogP contribution >= 0.6 is 0 Å². The minimum absolute atomic E-state index is 0.0927. The number of rotatable bonds is 8. The highest BCUT2D eigenvalue weighted by Gasteiger charge is 2.47. The van der Waals surface area contributed by atoms with E-state index in [2.05, 4.69) is 18.6 Å². The Bertz CT molecular complexity index is 1330. The van der Waals surface area contributed by atoms with E-state index in [9.17, 15) is 18.0 Å². The van der Waals surface area contributed by atoms with E-state index in [1.165, 1.54) is 0 Å². The molecule has 8 heteroatoms. The zero-order valence-electron chi connectivity index (χ0n) is 22.2. The molecule has 1 aliphatic heterocycles. The van der Waals surface area contributed by atoms with Gasteiger partial charge in [-0.3, -0.25) is 14.3 Å². The number of ketones is 1. The van der Waals surface area contributed by atoms with E-state index in [0.29, 0.717) is 31.6 Å². The molecule has 0 fully saturated rings. The zero-order valence-corrected chi connectivity index (χ0v) is 23.0. The monoisotopic (exact) mass is 524 g/mol. The number of esters is 1. The van der Waals surface area contributed by atoms with Crippen molar-refractivity contribution >= 4 is 27.5 Å². The SMILES string of the molecule is CCOC(=O)CN1C2=C(C(=O)CC(C)(C)C2)C(Cc2ccccc2NS(=O)(=O)c2ccc(C)cc2)C1C. The molecule has 0 radical (unpaired) electrons. The molecule has 0 saturated heterocycles. The van der Waals surface area contributed by atoms with Gasteiger partial charge in [0.25, 0.3) is 10.0 Å². The molecule has 2 atom stereocenters. The van der Waals surface area contributed by atoms with Gasteiger partial charge < -0.3 is 9.64 Å². The van der Waals surface area contributed by atoms with Crippen molar-refractivity contribution in [3.05, 3.63) is 70.9 Å². The lowest BCUT2D eigenvalue weighted by Crippen LogP contribution is -2.37. The molecule has 2 aromatic carbocycles. The van der Waals surface area contributed by atoms with Gasteiger partial charge in [0.1, 0.15) is 6.54 Å². The average molecular weight is 525 g/mol. The van der Waals surface area contributed by atoms with Gasteiger partial charge in [0.15, 0.2) is 5.78 Å². The zero-order chi connectivity index (χ0) is 27.0. The Morgan fingerprint density at radius 1 is 1.11 bits per heavy atom. The topological polar surface area (TPSA) is 92.8 Å². The summed E-state index contributed by atoms with van der Waals surface area (Å²) in [7, 11) is -3.78. The number of sulfonamides is 1. The summed E-state index contributed by atoms with van der Waals surface area (Å²) < 4.78 is 34.2. The maximum atomic E-state index is 13.4. The number of anilines is 1. The van der Waals surface area contributed by atoms with Crippen molar-refractivity contribution in [1.29, 1.82) is 0 Å². The van der Waals surface area contributed by atoms with Crippen molar-refractivity contribution in [2.75, 3.05) is 17.9 Å². The number of nitrogens with zero attached hydrogens (tertiary/aromatic N) is 1. The summed E-state index contributed by atoms with van der Waals surface area (Å²) in [5, 5.41) is 0. The summed E-state index contributed by atoms with van der Waals surface area (Å²) in [5.41, 5.74) is 3.77. The molecule has 7 nitrogen and oxygen atoms in total. The molecule has 198 valence electrons. The fraction of sp³-hybridized carbons (Fsp3) is 0.448. The van der Waals surface area contributed by atoms with E-state index < -0.39 is 10.0 Å². The molecule has 2 unspecified atom stereocenters. The van der Waals surface area contributed by atoms with Crippen molar-refractivity contribution in [3.63, 3.8) is 0 Å². The molecule has 0 saturated carbocycles. The molecular formula is C29H36N2O5S. The number of benzene rings is 2. The molecule has 0 amide bonds. The number of para-hydroxylation sites is 1. The first-order valence-electron chi connectivity index (χ1n) is 12.8. The highest BCUT2D eigenvalue weighted by molar-refractivity contribution is 7.92. The number of carbonyl (C=O) groups is 2. The first-order chi connectivity index (χ1) is 17.4. The lowest BCUT2D eigenvalue weighted by atomic mass is 9.73. The van der Waals surface area contributed by atoms with Gasteiger partial charge in [-0.1, -0.05) is 49.7 Å². The van der Waals surface area contributed by atoms with E-state index >= 15 is 0 Å². The summed E-state index contributed by atoms with van der Waals surface area (Å²) in [4.78, 5) is 28.1. The van der Waals surface area contributed by atoms with Crippen LogP contribution in [0.5, 0.6) is 0 Å². The maximum Gasteiger partial charge on any atom is 0.325 e. The Labute approximate surface area is 219 Å². The van der Waals surface area contributed by atoms with Crippen LogP contribution in [0.3, 0.4) is 0 Å².